The van der Waals surface area contributed by atoms with E-state index in [1.165, 1.54) is 25.7 Å². The van der Waals surface area contributed by atoms with E-state index in [4.69, 9.17) is 0 Å². The van der Waals surface area contributed by atoms with Crippen molar-refractivity contribution in [2.75, 3.05) is 25.4 Å². The third-order valence-electron chi connectivity index (χ3n) is 3.78. The lowest BCUT2D eigenvalue weighted by Crippen LogP contribution is -2.45. The van der Waals surface area contributed by atoms with Crippen LogP contribution in [-0.4, -0.2) is 45.8 Å². The standard InChI is InChI=1S/C14H30N4O2S.HI/c1-4-15-14(16-10-11-17-21(19,20)5-2)18-13-8-6-12(3)7-9-13;/h12-13,17H,4-11H2,1-3H3,(H2,15,16,18);1H. The Bertz CT molecular complexity index is 421. The first-order valence-corrected chi connectivity index (χ1v) is 9.64. The van der Waals surface area contributed by atoms with Crippen LogP contribution >= 0.6 is 24.0 Å². The lowest BCUT2D eigenvalue weighted by atomic mass is 9.87. The Labute approximate surface area is 152 Å². The van der Waals surface area contributed by atoms with Gasteiger partial charge in [-0.2, -0.15) is 0 Å². The molecule has 0 aromatic rings. The summed E-state index contributed by atoms with van der Waals surface area (Å²) in [5, 5.41) is 6.67. The molecular weight excluding hydrogens is 415 g/mol. The molecule has 1 fully saturated rings. The van der Waals surface area contributed by atoms with Crippen molar-refractivity contribution in [1.82, 2.24) is 15.4 Å². The fourth-order valence-corrected chi connectivity index (χ4v) is 3.00. The van der Waals surface area contributed by atoms with E-state index < -0.39 is 10.0 Å². The maximum atomic E-state index is 11.3. The molecular formula is C14H31IN4O2S. The van der Waals surface area contributed by atoms with Crippen LogP contribution in [0.3, 0.4) is 0 Å². The molecule has 1 aliphatic rings. The van der Waals surface area contributed by atoms with Crippen LogP contribution in [0, 0.1) is 5.92 Å². The van der Waals surface area contributed by atoms with Crippen LogP contribution in [0.25, 0.3) is 0 Å². The van der Waals surface area contributed by atoms with Crippen molar-refractivity contribution in [2.24, 2.45) is 10.9 Å². The summed E-state index contributed by atoms with van der Waals surface area (Å²) in [4.78, 5) is 4.43. The second-order valence-electron chi connectivity index (χ2n) is 5.66. The fraction of sp³-hybridized carbons (Fsp3) is 0.929. The molecule has 0 aromatic carbocycles. The van der Waals surface area contributed by atoms with Crippen molar-refractivity contribution in [3.8, 4) is 0 Å². The molecule has 0 amide bonds. The van der Waals surface area contributed by atoms with Gasteiger partial charge in [0.1, 0.15) is 0 Å². The minimum Gasteiger partial charge on any atom is -0.357 e. The zero-order valence-corrected chi connectivity index (χ0v) is 17.0. The molecule has 22 heavy (non-hydrogen) atoms. The first-order chi connectivity index (χ1) is 9.96. The highest BCUT2D eigenvalue weighted by molar-refractivity contribution is 14.0. The summed E-state index contributed by atoms with van der Waals surface area (Å²) in [5.41, 5.74) is 0. The zero-order chi connectivity index (χ0) is 15.7. The molecule has 1 rings (SSSR count). The third-order valence-corrected chi connectivity index (χ3v) is 5.19. The van der Waals surface area contributed by atoms with Crippen molar-refractivity contribution in [3.05, 3.63) is 0 Å². The second-order valence-corrected chi connectivity index (χ2v) is 7.76. The number of nitrogens with one attached hydrogen (secondary N) is 3. The highest BCUT2D eigenvalue weighted by Crippen LogP contribution is 2.23. The predicted molar refractivity (Wildman–Crippen MR) is 103 cm³/mol. The van der Waals surface area contributed by atoms with Crippen molar-refractivity contribution in [3.63, 3.8) is 0 Å². The Kier molecular flexibility index (Phi) is 11.4. The Morgan fingerprint density at radius 3 is 2.36 bits per heavy atom. The summed E-state index contributed by atoms with van der Waals surface area (Å²) in [6, 6.07) is 0.478. The zero-order valence-electron chi connectivity index (χ0n) is 13.9. The monoisotopic (exact) mass is 446 g/mol. The van der Waals surface area contributed by atoms with E-state index in [0.717, 1.165) is 18.4 Å². The van der Waals surface area contributed by atoms with Crippen LogP contribution in [-0.2, 0) is 10.0 Å². The SMILES string of the molecule is CCNC(=NCCNS(=O)(=O)CC)NC1CCC(C)CC1.I. The normalized spacial score (nSPS) is 22.8. The number of guanidine groups is 1. The Morgan fingerprint density at radius 2 is 1.82 bits per heavy atom. The summed E-state index contributed by atoms with van der Waals surface area (Å²) in [6.07, 6.45) is 4.86. The molecule has 0 spiro atoms. The number of sulfonamides is 1. The smallest absolute Gasteiger partial charge is 0.211 e. The molecule has 8 heteroatoms. The van der Waals surface area contributed by atoms with Gasteiger partial charge in [0.25, 0.3) is 0 Å². The van der Waals surface area contributed by atoms with Crippen LogP contribution < -0.4 is 15.4 Å². The van der Waals surface area contributed by atoms with Crippen LogP contribution in [0.4, 0.5) is 0 Å². The quantitative estimate of drug-likeness (QED) is 0.241. The van der Waals surface area contributed by atoms with Crippen LogP contribution in [0.2, 0.25) is 0 Å². The average Bonchev–Trinajstić information content (AvgIpc) is 2.46. The number of nitrogens with zero attached hydrogens (tertiary/aromatic N) is 1. The molecule has 0 heterocycles. The highest BCUT2D eigenvalue weighted by atomic mass is 127. The summed E-state index contributed by atoms with van der Waals surface area (Å²) in [7, 11) is -3.12. The van der Waals surface area contributed by atoms with Gasteiger partial charge in [0.15, 0.2) is 5.96 Å². The Morgan fingerprint density at radius 1 is 1.18 bits per heavy atom. The van der Waals surface area contributed by atoms with E-state index >= 15 is 0 Å². The first kappa shape index (κ1) is 21.9. The van der Waals surface area contributed by atoms with E-state index in [1.54, 1.807) is 6.92 Å². The molecule has 0 bridgehead atoms. The van der Waals surface area contributed by atoms with E-state index in [1.807, 2.05) is 6.92 Å². The number of rotatable bonds is 7. The predicted octanol–water partition coefficient (Wildman–Crippen LogP) is 1.68. The third kappa shape index (κ3) is 9.14. The number of hydrogen-bond donors (Lipinski definition) is 3. The van der Waals surface area contributed by atoms with Gasteiger partial charge >= 0.3 is 0 Å². The Balaban J connectivity index is 0.00000441. The van der Waals surface area contributed by atoms with Crippen molar-refractivity contribution in [1.29, 1.82) is 0 Å². The number of aliphatic imine (C=N–C) groups is 1. The van der Waals surface area contributed by atoms with Gasteiger partial charge in [-0.05, 0) is 45.4 Å². The molecule has 1 saturated carbocycles. The van der Waals surface area contributed by atoms with Gasteiger partial charge in [-0.15, -0.1) is 24.0 Å². The fourth-order valence-electron chi connectivity index (χ4n) is 2.39. The summed E-state index contributed by atoms with van der Waals surface area (Å²) < 4.78 is 25.2. The van der Waals surface area contributed by atoms with Gasteiger partial charge in [-0.25, -0.2) is 13.1 Å². The largest absolute Gasteiger partial charge is 0.357 e. The van der Waals surface area contributed by atoms with E-state index in [9.17, 15) is 8.42 Å². The van der Waals surface area contributed by atoms with Crippen LogP contribution in [0.1, 0.15) is 46.5 Å². The van der Waals surface area contributed by atoms with Crippen molar-refractivity contribution in [2.45, 2.75) is 52.5 Å². The first-order valence-electron chi connectivity index (χ1n) is 7.99. The van der Waals surface area contributed by atoms with Gasteiger partial charge in [0.2, 0.25) is 10.0 Å². The maximum absolute atomic E-state index is 11.3. The summed E-state index contributed by atoms with van der Waals surface area (Å²) in [6.45, 7) is 7.54. The summed E-state index contributed by atoms with van der Waals surface area (Å²) >= 11 is 0. The highest BCUT2D eigenvalue weighted by Gasteiger charge is 2.18. The van der Waals surface area contributed by atoms with Crippen LogP contribution in [0.15, 0.2) is 4.99 Å². The Hall–Kier alpha value is -0.0900. The van der Waals surface area contributed by atoms with Crippen molar-refractivity contribution < 1.29 is 8.42 Å². The van der Waals surface area contributed by atoms with Gasteiger partial charge < -0.3 is 10.6 Å². The van der Waals surface area contributed by atoms with Gasteiger partial charge in [-0.3, -0.25) is 4.99 Å². The van der Waals surface area contributed by atoms with Gasteiger partial charge in [0.05, 0.1) is 12.3 Å². The lowest BCUT2D eigenvalue weighted by Gasteiger charge is -2.28. The maximum Gasteiger partial charge on any atom is 0.211 e. The number of hydrogen-bond acceptors (Lipinski definition) is 3. The van der Waals surface area contributed by atoms with Crippen LogP contribution in [0.5, 0.6) is 0 Å². The lowest BCUT2D eigenvalue weighted by molar-refractivity contribution is 0.329. The molecule has 0 aromatic heterocycles. The second kappa shape index (κ2) is 11.4. The van der Waals surface area contributed by atoms with E-state index in [0.29, 0.717) is 19.1 Å². The van der Waals surface area contributed by atoms with Crippen molar-refractivity contribution >= 4 is 40.0 Å². The van der Waals surface area contributed by atoms with Gasteiger partial charge in [0, 0.05) is 19.1 Å². The molecule has 0 radical (unpaired) electrons. The molecule has 3 N–H and O–H groups in total. The van der Waals surface area contributed by atoms with Gasteiger partial charge in [-0.1, -0.05) is 6.92 Å². The summed E-state index contributed by atoms with van der Waals surface area (Å²) in [5.74, 6) is 1.72. The molecule has 132 valence electrons. The molecule has 1 aliphatic carbocycles. The molecule has 6 nitrogen and oxygen atoms in total. The topological polar surface area (TPSA) is 82.6 Å². The minimum atomic E-state index is -3.12. The average molecular weight is 446 g/mol. The molecule has 0 saturated heterocycles. The number of halogens is 1. The molecule has 0 atom stereocenters. The minimum absolute atomic E-state index is 0. The van der Waals surface area contributed by atoms with E-state index in [2.05, 4.69) is 27.3 Å². The molecule has 0 unspecified atom stereocenters. The molecule has 0 aliphatic heterocycles. The van der Waals surface area contributed by atoms with E-state index in [-0.39, 0.29) is 29.7 Å².